The van der Waals surface area contributed by atoms with Gasteiger partial charge in [-0.2, -0.15) is 0 Å². The molecular weight excluding hydrogens is 304 g/mol. The lowest BCUT2D eigenvalue weighted by Gasteiger charge is -2.14. The Balaban J connectivity index is 1.81. The third-order valence-corrected chi connectivity index (χ3v) is 5.07. The molecule has 3 rings (SSSR count). The van der Waals surface area contributed by atoms with Gasteiger partial charge in [0.2, 0.25) is 5.91 Å². The Bertz CT molecular complexity index is 690. The van der Waals surface area contributed by atoms with Crippen LogP contribution in [-0.4, -0.2) is 11.2 Å². The van der Waals surface area contributed by atoms with E-state index in [1.54, 1.807) is 12.1 Å². The average Bonchev–Trinajstić information content (AvgIpc) is 2.62. The second kappa shape index (κ2) is 6.00. The van der Waals surface area contributed by atoms with Crippen molar-refractivity contribution in [2.75, 3.05) is 11.1 Å². The van der Waals surface area contributed by atoms with Crippen LogP contribution in [0.1, 0.15) is 12.0 Å². The fraction of sp³-hybridized carbons (Fsp3) is 0.188. The Morgan fingerprint density at radius 3 is 2.90 bits per heavy atom. The van der Waals surface area contributed by atoms with Gasteiger partial charge in [-0.05, 0) is 42.7 Å². The highest BCUT2D eigenvalue weighted by molar-refractivity contribution is 8.00. The molecular formula is C16H15ClN2OS. The van der Waals surface area contributed by atoms with E-state index in [1.165, 1.54) is 17.3 Å². The fourth-order valence-electron chi connectivity index (χ4n) is 2.37. The van der Waals surface area contributed by atoms with E-state index in [0.717, 1.165) is 23.4 Å². The Kier molecular flexibility index (Phi) is 4.08. The van der Waals surface area contributed by atoms with Crippen molar-refractivity contribution in [3.05, 3.63) is 53.1 Å². The van der Waals surface area contributed by atoms with E-state index in [9.17, 15) is 4.79 Å². The zero-order valence-electron chi connectivity index (χ0n) is 11.3. The summed E-state index contributed by atoms with van der Waals surface area (Å²) >= 11 is 7.48. The van der Waals surface area contributed by atoms with Crippen molar-refractivity contribution in [1.82, 2.24) is 0 Å². The Hall–Kier alpha value is -1.65. The SMILES string of the molecule is Nc1ccc(Cl)cc1SC1CCc2ccccc2NC1=O. The standard InChI is InChI=1S/C16H15ClN2OS/c17-11-6-7-12(18)15(9-11)21-14-8-5-10-3-1-2-4-13(10)19-16(14)20/h1-4,6-7,9,14H,5,8,18H2,(H,19,20). The molecule has 2 aromatic rings. The first-order valence-corrected chi connectivity index (χ1v) is 8.00. The van der Waals surface area contributed by atoms with Crippen LogP contribution >= 0.6 is 23.4 Å². The Labute approximate surface area is 132 Å². The molecule has 0 saturated carbocycles. The van der Waals surface area contributed by atoms with E-state index < -0.39 is 0 Å². The molecule has 0 saturated heterocycles. The van der Waals surface area contributed by atoms with E-state index in [4.69, 9.17) is 17.3 Å². The largest absolute Gasteiger partial charge is 0.398 e. The molecule has 3 nitrogen and oxygen atoms in total. The third-order valence-electron chi connectivity index (χ3n) is 3.49. The number of hydrogen-bond acceptors (Lipinski definition) is 3. The highest BCUT2D eigenvalue weighted by Crippen LogP contribution is 2.35. The number of anilines is 2. The second-order valence-electron chi connectivity index (χ2n) is 4.97. The second-order valence-corrected chi connectivity index (χ2v) is 6.65. The summed E-state index contributed by atoms with van der Waals surface area (Å²) in [4.78, 5) is 13.2. The predicted molar refractivity (Wildman–Crippen MR) is 88.9 cm³/mol. The molecule has 5 heteroatoms. The fourth-order valence-corrected chi connectivity index (χ4v) is 3.71. The first-order valence-electron chi connectivity index (χ1n) is 6.74. The Morgan fingerprint density at radius 2 is 2.05 bits per heavy atom. The number of benzene rings is 2. The van der Waals surface area contributed by atoms with E-state index in [2.05, 4.69) is 11.4 Å². The molecule has 1 aliphatic rings. The van der Waals surface area contributed by atoms with Crippen LogP contribution in [0.25, 0.3) is 0 Å². The maximum Gasteiger partial charge on any atom is 0.237 e. The summed E-state index contributed by atoms with van der Waals surface area (Å²) in [6.07, 6.45) is 1.65. The van der Waals surface area contributed by atoms with E-state index >= 15 is 0 Å². The van der Waals surface area contributed by atoms with Crippen molar-refractivity contribution in [3.63, 3.8) is 0 Å². The van der Waals surface area contributed by atoms with Crippen molar-refractivity contribution in [2.45, 2.75) is 23.0 Å². The monoisotopic (exact) mass is 318 g/mol. The van der Waals surface area contributed by atoms with Gasteiger partial charge in [0.05, 0.1) is 5.25 Å². The molecule has 1 amide bonds. The number of nitrogens with one attached hydrogen (secondary N) is 1. The van der Waals surface area contributed by atoms with Crippen LogP contribution in [-0.2, 0) is 11.2 Å². The highest BCUT2D eigenvalue weighted by atomic mass is 35.5. The van der Waals surface area contributed by atoms with Gasteiger partial charge in [-0.1, -0.05) is 29.8 Å². The third kappa shape index (κ3) is 3.17. The number of halogens is 1. The van der Waals surface area contributed by atoms with Crippen molar-refractivity contribution < 1.29 is 4.79 Å². The van der Waals surface area contributed by atoms with Gasteiger partial charge in [0.1, 0.15) is 0 Å². The number of hydrogen-bond donors (Lipinski definition) is 2. The number of aryl methyl sites for hydroxylation is 1. The van der Waals surface area contributed by atoms with Crippen LogP contribution in [0.3, 0.4) is 0 Å². The molecule has 108 valence electrons. The highest BCUT2D eigenvalue weighted by Gasteiger charge is 2.25. The summed E-state index contributed by atoms with van der Waals surface area (Å²) < 4.78 is 0. The number of rotatable bonds is 2. The van der Waals surface area contributed by atoms with Crippen molar-refractivity contribution in [2.24, 2.45) is 0 Å². The van der Waals surface area contributed by atoms with Crippen LogP contribution in [0, 0.1) is 0 Å². The minimum atomic E-state index is -0.168. The minimum absolute atomic E-state index is 0.0179. The van der Waals surface area contributed by atoms with Gasteiger partial charge in [-0.3, -0.25) is 4.79 Å². The normalized spacial score (nSPS) is 17.8. The summed E-state index contributed by atoms with van der Waals surface area (Å²) in [6, 6.07) is 13.3. The smallest absolute Gasteiger partial charge is 0.237 e. The first-order chi connectivity index (χ1) is 10.1. The molecule has 1 atom stereocenters. The van der Waals surface area contributed by atoms with Crippen LogP contribution in [0.4, 0.5) is 11.4 Å². The molecule has 0 aromatic heterocycles. The van der Waals surface area contributed by atoms with Crippen molar-refractivity contribution >= 4 is 40.6 Å². The molecule has 0 radical (unpaired) electrons. The van der Waals surface area contributed by atoms with Gasteiger partial charge in [0, 0.05) is 21.3 Å². The zero-order valence-corrected chi connectivity index (χ0v) is 12.9. The number of carbonyl (C=O) groups excluding carboxylic acids is 1. The van der Waals surface area contributed by atoms with Gasteiger partial charge in [-0.25, -0.2) is 0 Å². The molecule has 1 aliphatic heterocycles. The molecule has 0 spiro atoms. The lowest BCUT2D eigenvalue weighted by molar-refractivity contribution is -0.115. The zero-order chi connectivity index (χ0) is 14.8. The number of amides is 1. The minimum Gasteiger partial charge on any atom is -0.398 e. The predicted octanol–water partition coefficient (Wildman–Crippen LogP) is 3.97. The van der Waals surface area contributed by atoms with Crippen LogP contribution < -0.4 is 11.1 Å². The molecule has 0 bridgehead atoms. The molecule has 0 aliphatic carbocycles. The van der Waals surface area contributed by atoms with Crippen LogP contribution in [0.15, 0.2) is 47.4 Å². The van der Waals surface area contributed by atoms with E-state index in [1.807, 2.05) is 24.3 Å². The van der Waals surface area contributed by atoms with Crippen LogP contribution in [0.5, 0.6) is 0 Å². The van der Waals surface area contributed by atoms with Crippen LogP contribution in [0.2, 0.25) is 5.02 Å². The number of nitrogen functional groups attached to an aromatic ring is 1. The average molecular weight is 319 g/mol. The number of fused-ring (bicyclic) bond motifs is 1. The van der Waals surface area contributed by atoms with E-state index in [0.29, 0.717) is 10.7 Å². The molecule has 1 unspecified atom stereocenters. The molecule has 21 heavy (non-hydrogen) atoms. The molecule has 0 fully saturated rings. The van der Waals surface area contributed by atoms with Gasteiger partial charge >= 0.3 is 0 Å². The van der Waals surface area contributed by atoms with E-state index in [-0.39, 0.29) is 11.2 Å². The lowest BCUT2D eigenvalue weighted by Crippen LogP contribution is -2.23. The number of para-hydroxylation sites is 1. The number of thioether (sulfide) groups is 1. The number of carbonyl (C=O) groups is 1. The Morgan fingerprint density at radius 1 is 1.24 bits per heavy atom. The molecule has 1 heterocycles. The van der Waals surface area contributed by atoms with Gasteiger partial charge in [-0.15, -0.1) is 11.8 Å². The van der Waals surface area contributed by atoms with Gasteiger partial charge < -0.3 is 11.1 Å². The van der Waals surface area contributed by atoms with Gasteiger partial charge in [0.25, 0.3) is 0 Å². The number of nitrogens with two attached hydrogens (primary N) is 1. The molecule has 2 aromatic carbocycles. The summed E-state index contributed by atoms with van der Waals surface area (Å²) in [6.45, 7) is 0. The van der Waals surface area contributed by atoms with Crippen molar-refractivity contribution in [3.8, 4) is 0 Å². The topological polar surface area (TPSA) is 55.1 Å². The maximum atomic E-state index is 12.4. The molecule has 3 N–H and O–H groups in total. The summed E-state index contributed by atoms with van der Waals surface area (Å²) in [5.41, 5.74) is 8.70. The van der Waals surface area contributed by atoms with Gasteiger partial charge in [0.15, 0.2) is 0 Å². The van der Waals surface area contributed by atoms with Crippen molar-refractivity contribution in [1.29, 1.82) is 0 Å². The summed E-state index contributed by atoms with van der Waals surface area (Å²) in [5, 5.41) is 3.45. The first kappa shape index (κ1) is 14.3. The maximum absolute atomic E-state index is 12.4. The summed E-state index contributed by atoms with van der Waals surface area (Å²) in [5.74, 6) is 0.0179. The summed E-state index contributed by atoms with van der Waals surface area (Å²) in [7, 11) is 0. The lowest BCUT2D eigenvalue weighted by atomic mass is 10.1. The quantitative estimate of drug-likeness (QED) is 0.824.